The van der Waals surface area contributed by atoms with Gasteiger partial charge >= 0.3 is 0 Å². The van der Waals surface area contributed by atoms with Gasteiger partial charge in [0.05, 0.1) is 7.11 Å². The van der Waals surface area contributed by atoms with Gasteiger partial charge in [0.1, 0.15) is 11.4 Å². The molecule has 0 unspecified atom stereocenters. The maximum atomic E-state index is 6.09. The third kappa shape index (κ3) is 3.07. The summed E-state index contributed by atoms with van der Waals surface area (Å²) in [6.45, 7) is 0. The summed E-state index contributed by atoms with van der Waals surface area (Å²) in [4.78, 5) is 8.03. The SMILES string of the molecule is COc1c(Cl)ncnc1SCc1ccccc1Cl. The lowest BCUT2D eigenvalue weighted by Gasteiger charge is -2.08. The average molecular weight is 301 g/mol. The quantitative estimate of drug-likeness (QED) is 0.629. The molecule has 6 heteroatoms. The summed E-state index contributed by atoms with van der Waals surface area (Å²) in [6, 6.07) is 7.69. The number of halogens is 2. The van der Waals surface area contributed by atoms with Crippen molar-refractivity contribution in [2.75, 3.05) is 7.11 Å². The number of thioether (sulfide) groups is 1. The monoisotopic (exact) mass is 300 g/mol. The van der Waals surface area contributed by atoms with Crippen LogP contribution in [-0.2, 0) is 5.75 Å². The number of aromatic nitrogens is 2. The van der Waals surface area contributed by atoms with Crippen molar-refractivity contribution in [2.45, 2.75) is 10.8 Å². The topological polar surface area (TPSA) is 35.0 Å². The maximum Gasteiger partial charge on any atom is 0.188 e. The fourth-order valence-corrected chi connectivity index (χ4v) is 2.90. The molecule has 0 N–H and O–H groups in total. The summed E-state index contributed by atoms with van der Waals surface area (Å²) in [7, 11) is 1.55. The normalized spacial score (nSPS) is 10.4. The lowest BCUT2D eigenvalue weighted by Crippen LogP contribution is -1.93. The van der Waals surface area contributed by atoms with Crippen LogP contribution in [0.2, 0.25) is 10.2 Å². The molecule has 0 radical (unpaired) electrons. The number of methoxy groups -OCH3 is 1. The smallest absolute Gasteiger partial charge is 0.188 e. The second kappa shape index (κ2) is 6.27. The van der Waals surface area contributed by atoms with Crippen LogP contribution in [0.4, 0.5) is 0 Å². The highest BCUT2D eigenvalue weighted by molar-refractivity contribution is 7.98. The van der Waals surface area contributed by atoms with Gasteiger partial charge in [0.25, 0.3) is 0 Å². The van der Waals surface area contributed by atoms with Crippen LogP contribution in [0.1, 0.15) is 5.56 Å². The number of ether oxygens (including phenoxy) is 1. The second-order valence-corrected chi connectivity index (χ2v) is 5.11. The zero-order chi connectivity index (χ0) is 13.0. The summed E-state index contributed by atoms with van der Waals surface area (Å²) in [5.74, 6) is 1.19. The van der Waals surface area contributed by atoms with Crippen molar-refractivity contribution in [3.05, 3.63) is 46.3 Å². The van der Waals surface area contributed by atoms with Gasteiger partial charge in [-0.25, -0.2) is 9.97 Å². The van der Waals surface area contributed by atoms with Gasteiger partial charge < -0.3 is 4.74 Å². The molecule has 0 aliphatic rings. The Bertz CT molecular complexity index is 551. The first kappa shape index (κ1) is 13.5. The zero-order valence-corrected chi connectivity index (χ0v) is 11.9. The number of hydrogen-bond donors (Lipinski definition) is 0. The molecule has 0 amide bonds. The predicted molar refractivity (Wildman–Crippen MR) is 74.6 cm³/mol. The van der Waals surface area contributed by atoms with Gasteiger partial charge in [0.15, 0.2) is 10.9 Å². The molecular weight excluding hydrogens is 291 g/mol. The highest BCUT2D eigenvalue weighted by atomic mass is 35.5. The Morgan fingerprint density at radius 3 is 2.72 bits per heavy atom. The Morgan fingerprint density at radius 1 is 1.22 bits per heavy atom. The molecular formula is C12H10Cl2N2OS. The van der Waals surface area contributed by atoms with Crippen LogP contribution in [0, 0.1) is 0 Å². The van der Waals surface area contributed by atoms with E-state index in [9.17, 15) is 0 Å². The van der Waals surface area contributed by atoms with Crippen LogP contribution >= 0.6 is 35.0 Å². The van der Waals surface area contributed by atoms with Crippen molar-refractivity contribution < 1.29 is 4.74 Å². The fourth-order valence-electron chi connectivity index (χ4n) is 1.37. The van der Waals surface area contributed by atoms with E-state index in [1.165, 1.54) is 18.1 Å². The van der Waals surface area contributed by atoms with E-state index >= 15 is 0 Å². The molecule has 0 spiro atoms. The Labute approximate surface area is 120 Å². The molecule has 0 aliphatic heterocycles. The van der Waals surface area contributed by atoms with E-state index < -0.39 is 0 Å². The van der Waals surface area contributed by atoms with E-state index in [0.29, 0.717) is 21.7 Å². The van der Waals surface area contributed by atoms with Gasteiger partial charge in [-0.05, 0) is 11.6 Å². The molecule has 0 atom stereocenters. The van der Waals surface area contributed by atoms with Gasteiger partial charge in [-0.1, -0.05) is 53.2 Å². The minimum Gasteiger partial charge on any atom is -0.491 e. The minimum absolute atomic E-state index is 0.314. The first-order valence-corrected chi connectivity index (χ1v) is 6.87. The van der Waals surface area contributed by atoms with Gasteiger partial charge in [0.2, 0.25) is 0 Å². The molecule has 1 aromatic carbocycles. The third-order valence-corrected chi connectivity index (χ3v) is 3.91. The average Bonchev–Trinajstić information content (AvgIpc) is 2.38. The van der Waals surface area contributed by atoms with E-state index in [0.717, 1.165) is 10.6 Å². The van der Waals surface area contributed by atoms with Crippen LogP contribution in [0.15, 0.2) is 35.6 Å². The van der Waals surface area contributed by atoms with Gasteiger partial charge in [-0.3, -0.25) is 0 Å². The Morgan fingerprint density at radius 2 is 2.00 bits per heavy atom. The molecule has 0 bridgehead atoms. The maximum absolute atomic E-state index is 6.09. The molecule has 2 rings (SSSR count). The van der Waals surface area contributed by atoms with Crippen LogP contribution in [0.3, 0.4) is 0 Å². The standard InChI is InChI=1S/C12H10Cl2N2OS/c1-17-10-11(14)15-7-16-12(10)18-6-8-4-2-3-5-9(8)13/h2-5,7H,6H2,1H3. The van der Waals surface area contributed by atoms with E-state index in [4.69, 9.17) is 27.9 Å². The first-order valence-electron chi connectivity index (χ1n) is 5.13. The number of benzene rings is 1. The molecule has 0 fully saturated rings. The first-order chi connectivity index (χ1) is 8.72. The summed E-state index contributed by atoms with van der Waals surface area (Å²) in [5.41, 5.74) is 1.04. The molecule has 2 aromatic rings. The number of hydrogen-bond acceptors (Lipinski definition) is 4. The van der Waals surface area contributed by atoms with Crippen molar-refractivity contribution in [2.24, 2.45) is 0 Å². The van der Waals surface area contributed by atoms with Crippen LogP contribution in [0.5, 0.6) is 5.75 Å². The van der Waals surface area contributed by atoms with Crippen molar-refractivity contribution in [1.29, 1.82) is 0 Å². The number of rotatable bonds is 4. The van der Waals surface area contributed by atoms with E-state index in [-0.39, 0.29) is 0 Å². The van der Waals surface area contributed by atoms with Crippen molar-refractivity contribution in [3.8, 4) is 5.75 Å². The lowest BCUT2D eigenvalue weighted by molar-refractivity contribution is 0.398. The third-order valence-electron chi connectivity index (χ3n) is 2.25. The molecule has 1 aromatic heterocycles. The van der Waals surface area contributed by atoms with Gasteiger partial charge in [-0.15, -0.1) is 0 Å². The lowest BCUT2D eigenvalue weighted by atomic mass is 10.2. The van der Waals surface area contributed by atoms with E-state index in [1.54, 1.807) is 7.11 Å². The van der Waals surface area contributed by atoms with Crippen molar-refractivity contribution in [3.63, 3.8) is 0 Å². The highest BCUT2D eigenvalue weighted by Gasteiger charge is 2.11. The van der Waals surface area contributed by atoms with Gasteiger partial charge in [0, 0.05) is 10.8 Å². The van der Waals surface area contributed by atoms with Crippen LogP contribution in [-0.4, -0.2) is 17.1 Å². The molecule has 0 saturated heterocycles. The predicted octanol–water partition coefficient (Wildman–Crippen LogP) is 4.08. The van der Waals surface area contributed by atoms with E-state index in [1.807, 2.05) is 24.3 Å². The molecule has 18 heavy (non-hydrogen) atoms. The minimum atomic E-state index is 0.314. The summed E-state index contributed by atoms with van der Waals surface area (Å²) >= 11 is 13.5. The Hall–Kier alpha value is -0.970. The van der Waals surface area contributed by atoms with E-state index in [2.05, 4.69) is 9.97 Å². The highest BCUT2D eigenvalue weighted by Crippen LogP contribution is 2.34. The zero-order valence-electron chi connectivity index (χ0n) is 9.56. The van der Waals surface area contributed by atoms with Crippen LogP contribution in [0.25, 0.3) is 0 Å². The summed E-state index contributed by atoms with van der Waals surface area (Å²) in [6.07, 6.45) is 1.42. The Kier molecular flexibility index (Phi) is 4.69. The molecule has 94 valence electrons. The molecule has 0 aliphatic carbocycles. The van der Waals surface area contributed by atoms with Crippen molar-refractivity contribution >= 4 is 35.0 Å². The van der Waals surface area contributed by atoms with Gasteiger partial charge in [-0.2, -0.15) is 0 Å². The van der Waals surface area contributed by atoms with Crippen molar-refractivity contribution in [1.82, 2.24) is 9.97 Å². The molecule has 1 heterocycles. The second-order valence-electron chi connectivity index (χ2n) is 3.38. The molecule has 0 saturated carbocycles. The molecule has 3 nitrogen and oxygen atoms in total. The Balaban J connectivity index is 2.16. The summed E-state index contributed by atoms with van der Waals surface area (Å²) < 4.78 is 5.18. The van der Waals surface area contributed by atoms with Crippen LogP contribution < -0.4 is 4.74 Å². The number of nitrogens with zero attached hydrogens (tertiary/aromatic N) is 2. The summed E-state index contributed by atoms with van der Waals surface area (Å²) in [5, 5.41) is 1.76. The largest absolute Gasteiger partial charge is 0.491 e. The fraction of sp³-hybridized carbons (Fsp3) is 0.167.